The van der Waals surface area contributed by atoms with E-state index in [0.717, 1.165) is 33.5 Å². The first-order chi connectivity index (χ1) is 14.0. The van der Waals surface area contributed by atoms with Crippen molar-refractivity contribution in [3.8, 4) is 5.75 Å². The second-order valence-electron chi connectivity index (χ2n) is 6.78. The number of fused-ring (bicyclic) bond motifs is 1. The van der Waals surface area contributed by atoms with E-state index in [2.05, 4.69) is 15.2 Å². The van der Waals surface area contributed by atoms with E-state index in [4.69, 9.17) is 9.15 Å². The summed E-state index contributed by atoms with van der Waals surface area (Å²) in [5.41, 5.74) is 3.60. The van der Waals surface area contributed by atoms with E-state index in [1.54, 1.807) is 7.11 Å². The van der Waals surface area contributed by atoms with Crippen molar-refractivity contribution in [1.82, 2.24) is 15.2 Å². The normalized spacial score (nSPS) is 12.2. The number of rotatable bonds is 7. The average Bonchev–Trinajstić information content (AvgIpc) is 3.30. The fourth-order valence-corrected chi connectivity index (χ4v) is 4.04. The number of hydrogen-bond donors (Lipinski definition) is 1. The largest absolute Gasteiger partial charge is 0.497 e. The van der Waals surface area contributed by atoms with Gasteiger partial charge in [0.15, 0.2) is 5.78 Å². The van der Waals surface area contributed by atoms with Crippen molar-refractivity contribution in [3.63, 3.8) is 0 Å². The smallest absolute Gasteiger partial charge is 0.277 e. The van der Waals surface area contributed by atoms with Gasteiger partial charge < -0.3 is 14.1 Å². The third-order valence-corrected chi connectivity index (χ3v) is 5.68. The zero-order chi connectivity index (χ0) is 20.4. The minimum Gasteiger partial charge on any atom is -0.497 e. The van der Waals surface area contributed by atoms with Crippen LogP contribution in [0.25, 0.3) is 10.9 Å². The third-order valence-electron chi connectivity index (χ3n) is 4.75. The van der Waals surface area contributed by atoms with Crippen LogP contribution in [0, 0.1) is 6.92 Å². The number of carbonyl (C=O) groups is 1. The average molecular weight is 407 g/mol. The number of ether oxygens (including phenoxy) is 1. The lowest BCUT2D eigenvalue weighted by atomic mass is 10.1. The molecule has 4 rings (SSSR count). The van der Waals surface area contributed by atoms with Gasteiger partial charge in [0.05, 0.1) is 18.8 Å². The highest BCUT2D eigenvalue weighted by atomic mass is 32.2. The van der Waals surface area contributed by atoms with Crippen LogP contribution in [0.15, 0.2) is 58.2 Å². The molecule has 0 aliphatic heterocycles. The van der Waals surface area contributed by atoms with Gasteiger partial charge in [-0.2, -0.15) is 0 Å². The van der Waals surface area contributed by atoms with Gasteiger partial charge in [-0.3, -0.25) is 4.79 Å². The summed E-state index contributed by atoms with van der Waals surface area (Å²) in [5, 5.41) is 9.19. The Morgan fingerprint density at radius 2 is 1.93 bits per heavy atom. The maximum atomic E-state index is 13.1. The molecule has 0 fully saturated rings. The number of aromatic amines is 1. The molecule has 0 aliphatic rings. The minimum absolute atomic E-state index is 0.0415. The number of para-hydroxylation sites is 1. The number of hydrogen-bond acceptors (Lipinski definition) is 6. The van der Waals surface area contributed by atoms with E-state index >= 15 is 0 Å². The van der Waals surface area contributed by atoms with E-state index in [1.807, 2.05) is 62.4 Å². The molecule has 1 N–H and O–H groups in total. The fourth-order valence-electron chi connectivity index (χ4n) is 3.28. The third kappa shape index (κ3) is 4.05. The van der Waals surface area contributed by atoms with Crippen molar-refractivity contribution in [3.05, 3.63) is 71.2 Å². The number of carbonyl (C=O) groups excluding carboxylic acids is 1. The van der Waals surface area contributed by atoms with Crippen LogP contribution in [0.3, 0.4) is 0 Å². The fraction of sp³-hybridized carbons (Fsp3) is 0.227. The minimum atomic E-state index is -0.345. The Balaban J connectivity index is 1.46. The lowest BCUT2D eigenvalue weighted by Crippen LogP contribution is -2.14. The highest BCUT2D eigenvalue weighted by Crippen LogP contribution is 2.29. The number of nitrogens with zero attached hydrogens (tertiary/aromatic N) is 2. The maximum absolute atomic E-state index is 13.1. The lowest BCUT2D eigenvalue weighted by Gasteiger charge is -2.07. The molecule has 7 heteroatoms. The number of thioether (sulfide) groups is 1. The van der Waals surface area contributed by atoms with E-state index in [1.165, 1.54) is 11.8 Å². The van der Waals surface area contributed by atoms with E-state index in [-0.39, 0.29) is 11.0 Å². The Morgan fingerprint density at radius 3 is 2.69 bits per heavy atom. The Labute approximate surface area is 172 Å². The number of methoxy groups -OCH3 is 1. The summed E-state index contributed by atoms with van der Waals surface area (Å²) in [4.78, 5) is 16.3. The Morgan fingerprint density at radius 1 is 1.17 bits per heavy atom. The molecule has 6 nitrogen and oxygen atoms in total. The molecular formula is C22H21N3O3S. The van der Waals surface area contributed by atoms with Gasteiger partial charge in [-0.1, -0.05) is 42.1 Å². The molecule has 0 amide bonds. The molecule has 1 atom stereocenters. The van der Waals surface area contributed by atoms with Gasteiger partial charge >= 0.3 is 0 Å². The van der Waals surface area contributed by atoms with Crippen molar-refractivity contribution < 1.29 is 13.9 Å². The predicted molar refractivity (Wildman–Crippen MR) is 113 cm³/mol. The van der Waals surface area contributed by atoms with Crippen LogP contribution in [0.5, 0.6) is 5.75 Å². The van der Waals surface area contributed by atoms with Crippen molar-refractivity contribution in [1.29, 1.82) is 0 Å². The Hall–Kier alpha value is -3.06. The molecule has 2 heterocycles. The summed E-state index contributed by atoms with van der Waals surface area (Å²) in [5.74, 6) is 1.36. The topological polar surface area (TPSA) is 81.0 Å². The summed E-state index contributed by atoms with van der Waals surface area (Å²) < 4.78 is 10.9. The number of nitrogens with one attached hydrogen (secondary N) is 1. The zero-order valence-electron chi connectivity index (χ0n) is 16.4. The second kappa shape index (κ2) is 8.13. The number of benzene rings is 2. The van der Waals surface area contributed by atoms with Gasteiger partial charge in [-0.15, -0.1) is 10.2 Å². The Kier molecular flexibility index (Phi) is 5.40. The molecule has 0 saturated heterocycles. The number of aryl methyl sites for hydroxylation is 1. The molecule has 2 aromatic carbocycles. The van der Waals surface area contributed by atoms with Gasteiger partial charge in [0.1, 0.15) is 5.75 Å². The van der Waals surface area contributed by atoms with Crippen molar-refractivity contribution in [2.75, 3.05) is 7.11 Å². The molecule has 0 aliphatic carbocycles. The van der Waals surface area contributed by atoms with Crippen molar-refractivity contribution in [2.45, 2.75) is 30.7 Å². The number of Topliss-reactive ketones (excluding diaryl/α,β-unsaturated/α-hetero) is 1. The standard InChI is InChI=1S/C22H21N3O3S/c1-13-20(17-6-4-5-7-18(17)23-13)21(26)14(2)29-22-25-24-19(28-22)12-15-8-10-16(27-3)11-9-15/h4-11,14,23H,12H2,1-3H3. The van der Waals surface area contributed by atoms with Gasteiger partial charge in [0.2, 0.25) is 5.89 Å². The predicted octanol–water partition coefficient (Wildman–Crippen LogP) is 4.82. The molecule has 29 heavy (non-hydrogen) atoms. The molecular weight excluding hydrogens is 386 g/mol. The van der Waals surface area contributed by atoms with Crippen molar-refractivity contribution in [2.24, 2.45) is 0 Å². The summed E-state index contributed by atoms with van der Waals surface area (Å²) in [7, 11) is 1.64. The van der Waals surface area contributed by atoms with Crippen LogP contribution < -0.4 is 4.74 Å². The second-order valence-corrected chi connectivity index (χ2v) is 8.07. The quantitative estimate of drug-likeness (QED) is 0.349. The molecule has 0 bridgehead atoms. The van der Waals surface area contributed by atoms with E-state index < -0.39 is 0 Å². The zero-order valence-corrected chi connectivity index (χ0v) is 17.2. The van der Waals surface area contributed by atoms with Crippen LogP contribution in [-0.2, 0) is 6.42 Å². The van der Waals surface area contributed by atoms with Crippen LogP contribution in [0.2, 0.25) is 0 Å². The van der Waals surface area contributed by atoms with Gasteiger partial charge in [-0.25, -0.2) is 0 Å². The number of H-pyrrole nitrogens is 1. The molecule has 148 valence electrons. The first-order valence-corrected chi connectivity index (χ1v) is 10.2. The first-order valence-electron chi connectivity index (χ1n) is 9.28. The monoisotopic (exact) mass is 407 g/mol. The van der Waals surface area contributed by atoms with Crippen LogP contribution >= 0.6 is 11.8 Å². The summed E-state index contributed by atoms with van der Waals surface area (Å²) in [6.07, 6.45) is 0.529. The van der Waals surface area contributed by atoms with Gasteiger partial charge in [0.25, 0.3) is 5.22 Å². The summed E-state index contributed by atoms with van der Waals surface area (Å²) in [6, 6.07) is 15.5. The van der Waals surface area contributed by atoms with E-state index in [9.17, 15) is 4.79 Å². The molecule has 2 aromatic heterocycles. The van der Waals surface area contributed by atoms with E-state index in [0.29, 0.717) is 17.5 Å². The molecule has 4 aromatic rings. The van der Waals surface area contributed by atoms with Gasteiger partial charge in [-0.05, 0) is 37.6 Å². The lowest BCUT2D eigenvalue weighted by molar-refractivity contribution is 0.0994. The Bertz CT molecular complexity index is 1150. The molecule has 0 saturated carbocycles. The van der Waals surface area contributed by atoms with Crippen LogP contribution in [0.1, 0.15) is 34.4 Å². The summed E-state index contributed by atoms with van der Waals surface area (Å²) in [6.45, 7) is 3.78. The van der Waals surface area contributed by atoms with Crippen LogP contribution in [0.4, 0.5) is 0 Å². The molecule has 1 unspecified atom stereocenters. The number of aromatic nitrogens is 3. The summed E-state index contributed by atoms with van der Waals surface area (Å²) >= 11 is 1.28. The van der Waals surface area contributed by atoms with Gasteiger partial charge in [0, 0.05) is 22.2 Å². The van der Waals surface area contributed by atoms with Crippen LogP contribution in [-0.4, -0.2) is 33.3 Å². The maximum Gasteiger partial charge on any atom is 0.277 e. The SMILES string of the molecule is COc1ccc(Cc2nnc(SC(C)C(=O)c3c(C)[nH]c4ccccc34)o2)cc1. The molecule has 0 spiro atoms. The highest BCUT2D eigenvalue weighted by molar-refractivity contribution is 8.00. The highest BCUT2D eigenvalue weighted by Gasteiger charge is 2.24. The molecule has 0 radical (unpaired) electrons. The van der Waals surface area contributed by atoms with Crippen molar-refractivity contribution >= 4 is 28.4 Å². The first kappa shape index (κ1) is 19.3. The number of ketones is 1.